The zero-order valence-corrected chi connectivity index (χ0v) is 31.8. The minimum atomic E-state index is -3.98. The van der Waals surface area contributed by atoms with E-state index in [9.17, 15) is 32.4 Å². The molecular formula is C36H51N7O9S. The Hall–Kier alpha value is -5.19. The van der Waals surface area contributed by atoms with E-state index in [0.717, 1.165) is 11.1 Å². The van der Waals surface area contributed by atoms with Gasteiger partial charge < -0.3 is 36.1 Å². The first kappa shape index (κ1) is 42.2. The minimum Gasteiger partial charge on any atom is -0.459 e. The fourth-order valence-electron chi connectivity index (χ4n) is 5.27. The van der Waals surface area contributed by atoms with Gasteiger partial charge in [0.15, 0.2) is 0 Å². The molecule has 0 aliphatic carbocycles. The van der Waals surface area contributed by atoms with Crippen LogP contribution in [0.3, 0.4) is 0 Å². The summed E-state index contributed by atoms with van der Waals surface area (Å²) in [6, 6.07) is 11.1. The summed E-state index contributed by atoms with van der Waals surface area (Å²) in [5.41, 5.74) is 6.72. The number of carbonyl (C=O) groups excluding carboxylic acids is 5. The average Bonchev–Trinajstić information content (AvgIpc) is 3.58. The van der Waals surface area contributed by atoms with Crippen molar-refractivity contribution in [3.63, 3.8) is 0 Å². The molecule has 1 heterocycles. The standard InChI is InChI=1S/C36H51N7O9S/c1-23-16-18-27(19-17-23)53(49,50)42-34(37)38-20-10-14-28(41-30(44)24(2)40-35(48)52-36(4,5)6)32(46)43-21-11-15-29(43)31(45)39-25(3)33(47)51-22-26-12-8-7-9-13-26/h7-9,12-13,16-19,24-25,28-29H,10-11,14-15,20-22H2,1-6H3,(H,39,45)(H,40,48)(H,41,44)(H3,37,38,42)/t24-,25-,28-,29-/m0/s1. The number of hydrogen-bond donors (Lipinski definition) is 5. The lowest BCUT2D eigenvalue weighted by molar-refractivity contribution is -0.149. The summed E-state index contributed by atoms with van der Waals surface area (Å²) in [5, 5.41) is 7.74. The summed E-state index contributed by atoms with van der Waals surface area (Å²) in [5.74, 6) is -2.80. The van der Waals surface area contributed by atoms with Crippen LogP contribution in [0, 0.1) is 6.92 Å². The molecule has 0 spiro atoms. The summed E-state index contributed by atoms with van der Waals surface area (Å²) in [6.45, 7) is 9.99. The van der Waals surface area contributed by atoms with Gasteiger partial charge in [0, 0.05) is 13.1 Å². The van der Waals surface area contributed by atoms with Crippen molar-refractivity contribution in [1.82, 2.24) is 25.6 Å². The summed E-state index contributed by atoms with van der Waals surface area (Å²) < 4.78 is 38.1. The van der Waals surface area contributed by atoms with Crippen molar-refractivity contribution in [2.45, 2.75) is 108 Å². The van der Waals surface area contributed by atoms with Crippen molar-refractivity contribution in [3.05, 3.63) is 65.7 Å². The zero-order chi connectivity index (χ0) is 39.3. The highest BCUT2D eigenvalue weighted by Crippen LogP contribution is 2.20. The van der Waals surface area contributed by atoms with Crippen LogP contribution in [0.2, 0.25) is 0 Å². The Bertz CT molecular complexity index is 1730. The van der Waals surface area contributed by atoms with Gasteiger partial charge in [0.05, 0.1) is 4.90 Å². The van der Waals surface area contributed by atoms with E-state index < -0.39 is 69.6 Å². The second-order valence-corrected chi connectivity index (χ2v) is 15.5. The number of hydrogen-bond acceptors (Lipinski definition) is 10. The SMILES string of the molecule is Cc1ccc(S(=O)(=O)NC(N)=NCCC[C@H](NC(=O)[C@H](C)NC(=O)OC(C)(C)C)C(=O)N2CCC[C@H]2C(=O)N[C@@H](C)C(=O)OCc2ccccc2)cc1. The van der Waals surface area contributed by atoms with Gasteiger partial charge in [-0.1, -0.05) is 48.0 Å². The molecule has 0 unspecified atom stereocenters. The van der Waals surface area contributed by atoms with Crippen molar-refractivity contribution < 1.29 is 41.9 Å². The molecular weight excluding hydrogens is 707 g/mol. The molecule has 2 aromatic carbocycles. The molecule has 0 saturated carbocycles. The predicted octanol–water partition coefficient (Wildman–Crippen LogP) is 2.01. The number of aryl methyl sites for hydroxylation is 1. The number of sulfonamides is 1. The fraction of sp³-hybridized carbons (Fsp3) is 0.500. The number of guanidine groups is 1. The first-order valence-electron chi connectivity index (χ1n) is 17.4. The van der Waals surface area contributed by atoms with E-state index in [1.807, 2.05) is 25.1 Å². The number of alkyl carbamates (subject to hydrolysis) is 1. The maximum Gasteiger partial charge on any atom is 0.408 e. The number of amides is 4. The Kier molecular flexibility index (Phi) is 15.2. The van der Waals surface area contributed by atoms with Crippen LogP contribution in [0.15, 0.2) is 64.5 Å². The maximum atomic E-state index is 14.0. The van der Waals surface area contributed by atoms with Crippen LogP contribution < -0.4 is 26.4 Å². The van der Waals surface area contributed by atoms with Crippen LogP contribution in [-0.2, 0) is 45.3 Å². The number of aliphatic imine (C=N–C) groups is 1. The molecule has 0 aromatic heterocycles. The third kappa shape index (κ3) is 13.7. The Morgan fingerprint density at radius 3 is 2.26 bits per heavy atom. The Morgan fingerprint density at radius 2 is 1.62 bits per heavy atom. The van der Waals surface area contributed by atoms with Crippen molar-refractivity contribution in [2.75, 3.05) is 13.1 Å². The van der Waals surface area contributed by atoms with Crippen LogP contribution in [0.5, 0.6) is 0 Å². The summed E-state index contributed by atoms with van der Waals surface area (Å²) >= 11 is 0. The van der Waals surface area contributed by atoms with Gasteiger partial charge >= 0.3 is 12.1 Å². The van der Waals surface area contributed by atoms with Gasteiger partial charge in [0.2, 0.25) is 23.7 Å². The van der Waals surface area contributed by atoms with Gasteiger partial charge in [0.1, 0.15) is 36.4 Å². The Balaban J connectivity index is 1.68. The number of nitrogens with two attached hydrogens (primary N) is 1. The quantitative estimate of drug-likeness (QED) is 0.0769. The predicted molar refractivity (Wildman–Crippen MR) is 197 cm³/mol. The van der Waals surface area contributed by atoms with Crippen LogP contribution in [0.25, 0.3) is 0 Å². The number of rotatable bonds is 15. The van der Waals surface area contributed by atoms with Gasteiger partial charge in [0.25, 0.3) is 10.0 Å². The van der Waals surface area contributed by atoms with Crippen LogP contribution in [-0.4, -0.2) is 91.9 Å². The Labute approximate surface area is 310 Å². The highest BCUT2D eigenvalue weighted by atomic mass is 32.2. The highest BCUT2D eigenvalue weighted by Gasteiger charge is 2.39. The van der Waals surface area contributed by atoms with Crippen molar-refractivity contribution in [1.29, 1.82) is 0 Å². The number of nitrogens with one attached hydrogen (secondary N) is 4. The summed E-state index contributed by atoms with van der Waals surface area (Å²) in [7, 11) is -3.98. The molecule has 4 atom stereocenters. The highest BCUT2D eigenvalue weighted by molar-refractivity contribution is 7.90. The third-order valence-corrected chi connectivity index (χ3v) is 9.39. The van der Waals surface area contributed by atoms with Crippen LogP contribution in [0.4, 0.5) is 4.79 Å². The number of ether oxygens (including phenoxy) is 2. The molecule has 2 aromatic rings. The van der Waals surface area contributed by atoms with Gasteiger partial charge in [-0.2, -0.15) is 0 Å². The van der Waals surface area contributed by atoms with E-state index >= 15 is 0 Å². The maximum absolute atomic E-state index is 14.0. The number of benzene rings is 2. The van der Waals surface area contributed by atoms with Crippen molar-refractivity contribution >= 4 is 45.8 Å². The molecule has 17 heteroatoms. The number of esters is 1. The van der Waals surface area contributed by atoms with Crippen molar-refractivity contribution in [2.24, 2.45) is 10.7 Å². The van der Waals surface area contributed by atoms with E-state index in [-0.39, 0.29) is 43.4 Å². The first-order chi connectivity index (χ1) is 24.9. The second-order valence-electron chi connectivity index (χ2n) is 13.8. The van der Waals surface area contributed by atoms with E-state index in [0.29, 0.717) is 12.8 Å². The second kappa shape index (κ2) is 19.0. The molecule has 6 N–H and O–H groups in total. The summed E-state index contributed by atoms with van der Waals surface area (Å²) in [6.07, 6.45) is 0.192. The normalized spacial score (nSPS) is 16.5. The van der Waals surface area contributed by atoms with E-state index in [1.54, 1.807) is 45.0 Å². The van der Waals surface area contributed by atoms with E-state index in [4.69, 9.17) is 15.2 Å². The van der Waals surface area contributed by atoms with E-state index in [1.165, 1.54) is 30.9 Å². The lowest BCUT2D eigenvalue weighted by Crippen LogP contribution is -2.57. The molecule has 1 saturated heterocycles. The molecule has 3 rings (SSSR count). The minimum absolute atomic E-state index is 0.00593. The first-order valence-corrected chi connectivity index (χ1v) is 18.9. The molecule has 53 heavy (non-hydrogen) atoms. The van der Waals surface area contributed by atoms with Gasteiger partial charge in [-0.05, 0) is 84.9 Å². The lowest BCUT2D eigenvalue weighted by Gasteiger charge is -2.30. The molecule has 290 valence electrons. The van der Waals surface area contributed by atoms with E-state index in [2.05, 4.69) is 25.7 Å². The third-order valence-electron chi connectivity index (χ3n) is 8.02. The monoisotopic (exact) mass is 757 g/mol. The molecule has 16 nitrogen and oxygen atoms in total. The molecule has 4 amide bonds. The molecule has 1 aliphatic rings. The summed E-state index contributed by atoms with van der Waals surface area (Å²) in [4.78, 5) is 70.9. The molecule has 0 bridgehead atoms. The number of likely N-dealkylation sites (tertiary alicyclic amines) is 1. The zero-order valence-electron chi connectivity index (χ0n) is 31.0. The average molecular weight is 758 g/mol. The van der Waals surface area contributed by atoms with Crippen LogP contribution >= 0.6 is 0 Å². The molecule has 1 fully saturated rings. The smallest absolute Gasteiger partial charge is 0.408 e. The Morgan fingerprint density at radius 1 is 0.962 bits per heavy atom. The fourth-order valence-corrected chi connectivity index (χ4v) is 6.22. The molecule has 1 aliphatic heterocycles. The largest absolute Gasteiger partial charge is 0.459 e. The van der Waals surface area contributed by atoms with Crippen molar-refractivity contribution in [3.8, 4) is 0 Å². The number of nitrogens with zero attached hydrogens (tertiary/aromatic N) is 2. The lowest BCUT2D eigenvalue weighted by atomic mass is 10.1. The van der Waals surface area contributed by atoms with Gasteiger partial charge in [-0.25, -0.2) is 22.7 Å². The topological polar surface area (TPSA) is 228 Å². The number of carbonyl (C=O) groups is 5. The van der Waals surface area contributed by atoms with Crippen LogP contribution in [0.1, 0.15) is 71.4 Å². The van der Waals surface area contributed by atoms with Gasteiger partial charge in [-0.3, -0.25) is 19.4 Å². The molecule has 0 radical (unpaired) electrons. The van der Waals surface area contributed by atoms with Gasteiger partial charge in [-0.15, -0.1) is 0 Å².